The van der Waals surface area contributed by atoms with Crippen LogP contribution in [0, 0.1) is 24.7 Å². The van der Waals surface area contributed by atoms with Crippen LogP contribution in [0.5, 0.6) is 0 Å². The molecular formula is C27H34N4O2. The van der Waals surface area contributed by atoms with Gasteiger partial charge in [0, 0.05) is 18.5 Å². The average Bonchev–Trinajstić information content (AvgIpc) is 3.42. The summed E-state index contributed by atoms with van der Waals surface area (Å²) in [4.78, 5) is 35.0. The van der Waals surface area contributed by atoms with E-state index in [0.717, 1.165) is 37.4 Å². The van der Waals surface area contributed by atoms with Gasteiger partial charge in [0.05, 0.1) is 0 Å². The van der Waals surface area contributed by atoms with Gasteiger partial charge in [0.1, 0.15) is 11.3 Å². The van der Waals surface area contributed by atoms with Crippen molar-refractivity contribution >= 4 is 11.2 Å². The fourth-order valence-electron chi connectivity index (χ4n) is 7.73. The van der Waals surface area contributed by atoms with Crippen molar-refractivity contribution in [2.24, 2.45) is 17.8 Å². The molecule has 2 aromatic heterocycles. The second-order valence-corrected chi connectivity index (χ2v) is 10.9. The van der Waals surface area contributed by atoms with Crippen molar-refractivity contribution in [2.45, 2.75) is 83.7 Å². The molecule has 0 spiro atoms. The van der Waals surface area contributed by atoms with Gasteiger partial charge in [-0.3, -0.25) is 13.9 Å². The number of hydrogen-bond acceptors (Lipinski definition) is 3. The smallest absolute Gasteiger partial charge is 0.332 e. The van der Waals surface area contributed by atoms with Gasteiger partial charge in [0.15, 0.2) is 5.65 Å². The zero-order chi connectivity index (χ0) is 22.9. The minimum atomic E-state index is -0.221. The number of H-pyrrole nitrogens is 1. The van der Waals surface area contributed by atoms with E-state index < -0.39 is 0 Å². The highest BCUT2D eigenvalue weighted by Crippen LogP contribution is 2.70. The van der Waals surface area contributed by atoms with Gasteiger partial charge in [0.2, 0.25) is 0 Å². The summed E-state index contributed by atoms with van der Waals surface area (Å²) in [5.74, 6) is 3.49. The second-order valence-electron chi connectivity index (χ2n) is 10.9. The standard InChI is InChI=1S/C27H34N4O2/c1-4-10-30-23-22(24(32)31(11-5-2)26(30)33)28-25(29-23)27-14-17-12-19(15-27)21(20(27)13-17)18-8-6-16(3)7-9-18/h6-9,17,19-21H,4-5,10-15H2,1-3H3,(H,28,29). The number of nitrogens with one attached hydrogen (secondary N) is 1. The summed E-state index contributed by atoms with van der Waals surface area (Å²) in [7, 11) is 0. The Kier molecular flexibility index (Phi) is 4.72. The van der Waals surface area contributed by atoms with Crippen molar-refractivity contribution in [1.29, 1.82) is 0 Å². The molecule has 33 heavy (non-hydrogen) atoms. The summed E-state index contributed by atoms with van der Waals surface area (Å²) in [6.07, 6.45) is 6.41. The van der Waals surface area contributed by atoms with E-state index in [9.17, 15) is 9.59 Å². The molecule has 2 heterocycles. The molecule has 4 saturated carbocycles. The molecule has 0 saturated heterocycles. The molecule has 4 bridgehead atoms. The van der Waals surface area contributed by atoms with E-state index in [2.05, 4.69) is 43.1 Å². The molecule has 6 nitrogen and oxygen atoms in total. The number of aryl methyl sites for hydroxylation is 2. The summed E-state index contributed by atoms with van der Waals surface area (Å²) in [6, 6.07) is 9.12. The Bertz CT molecular complexity index is 1330. The first-order valence-corrected chi connectivity index (χ1v) is 12.8. The fourth-order valence-corrected chi connectivity index (χ4v) is 7.73. The lowest BCUT2D eigenvalue weighted by molar-refractivity contribution is 0.243. The van der Waals surface area contributed by atoms with Crippen molar-refractivity contribution in [1.82, 2.24) is 19.1 Å². The summed E-state index contributed by atoms with van der Waals surface area (Å²) in [6.45, 7) is 7.23. The number of hydrogen-bond donors (Lipinski definition) is 1. The summed E-state index contributed by atoms with van der Waals surface area (Å²) in [5, 5.41) is 0. The van der Waals surface area contributed by atoms with Crippen LogP contribution in [-0.2, 0) is 18.5 Å². The predicted octanol–water partition coefficient (Wildman–Crippen LogP) is 4.49. The van der Waals surface area contributed by atoms with Crippen molar-refractivity contribution in [3.05, 3.63) is 62.1 Å². The quantitative estimate of drug-likeness (QED) is 0.607. The van der Waals surface area contributed by atoms with E-state index in [1.807, 2.05) is 6.92 Å². The Labute approximate surface area is 194 Å². The maximum Gasteiger partial charge on any atom is 0.332 e. The Morgan fingerprint density at radius 2 is 1.76 bits per heavy atom. The average molecular weight is 447 g/mol. The molecule has 5 atom stereocenters. The normalized spacial score (nSPS) is 30.0. The lowest BCUT2D eigenvalue weighted by atomic mass is 9.72. The third-order valence-corrected chi connectivity index (χ3v) is 8.84. The molecule has 0 aliphatic heterocycles. The van der Waals surface area contributed by atoms with Crippen LogP contribution in [0.15, 0.2) is 33.9 Å². The Balaban J connectivity index is 1.50. The van der Waals surface area contributed by atoms with Crippen LogP contribution in [-0.4, -0.2) is 19.1 Å². The van der Waals surface area contributed by atoms with Gasteiger partial charge in [-0.25, -0.2) is 9.78 Å². The van der Waals surface area contributed by atoms with Gasteiger partial charge in [-0.15, -0.1) is 0 Å². The number of rotatable bonds is 6. The Morgan fingerprint density at radius 3 is 2.48 bits per heavy atom. The highest BCUT2D eigenvalue weighted by atomic mass is 16.2. The molecule has 1 aromatic carbocycles. The molecule has 4 aliphatic carbocycles. The zero-order valence-corrected chi connectivity index (χ0v) is 19.9. The first-order valence-electron chi connectivity index (χ1n) is 12.8. The van der Waals surface area contributed by atoms with Crippen molar-refractivity contribution in [3.63, 3.8) is 0 Å². The van der Waals surface area contributed by atoms with Gasteiger partial charge in [0.25, 0.3) is 5.56 Å². The molecular weight excluding hydrogens is 412 g/mol. The Morgan fingerprint density at radius 1 is 1.03 bits per heavy atom. The predicted molar refractivity (Wildman–Crippen MR) is 130 cm³/mol. The minimum Gasteiger partial charge on any atom is -0.336 e. The first-order chi connectivity index (χ1) is 16.0. The topological polar surface area (TPSA) is 72.7 Å². The highest BCUT2D eigenvalue weighted by molar-refractivity contribution is 5.70. The van der Waals surface area contributed by atoms with E-state index in [-0.39, 0.29) is 16.7 Å². The molecule has 4 aliphatic rings. The summed E-state index contributed by atoms with van der Waals surface area (Å²) < 4.78 is 3.12. The SMILES string of the molecule is CCCn1c(=O)c2[nH]c(C34CC5CC(C3)C(c3ccc(C)cc3)C4C5)nc2n(CCC)c1=O. The van der Waals surface area contributed by atoms with E-state index in [0.29, 0.717) is 42.0 Å². The van der Waals surface area contributed by atoms with Gasteiger partial charge in [-0.2, -0.15) is 0 Å². The van der Waals surface area contributed by atoms with Crippen LogP contribution >= 0.6 is 0 Å². The third kappa shape index (κ3) is 2.88. The van der Waals surface area contributed by atoms with Crippen LogP contribution in [0.3, 0.4) is 0 Å². The molecule has 6 heteroatoms. The lowest BCUT2D eigenvalue weighted by Crippen LogP contribution is -2.40. The van der Waals surface area contributed by atoms with E-state index in [1.54, 1.807) is 4.57 Å². The van der Waals surface area contributed by atoms with Crippen LogP contribution < -0.4 is 11.2 Å². The van der Waals surface area contributed by atoms with Crippen molar-refractivity contribution < 1.29 is 0 Å². The van der Waals surface area contributed by atoms with Crippen LogP contribution in [0.1, 0.15) is 75.2 Å². The number of benzene rings is 1. The van der Waals surface area contributed by atoms with E-state index in [4.69, 9.17) is 4.98 Å². The summed E-state index contributed by atoms with van der Waals surface area (Å²) in [5.41, 5.74) is 3.39. The largest absolute Gasteiger partial charge is 0.336 e. The van der Waals surface area contributed by atoms with Crippen LogP contribution in [0.4, 0.5) is 0 Å². The maximum absolute atomic E-state index is 13.3. The summed E-state index contributed by atoms with van der Waals surface area (Å²) >= 11 is 0. The van der Waals surface area contributed by atoms with E-state index in [1.165, 1.54) is 28.5 Å². The van der Waals surface area contributed by atoms with Gasteiger partial charge in [-0.05, 0) is 74.7 Å². The minimum absolute atomic E-state index is 0.00270. The molecule has 5 unspecified atom stereocenters. The molecule has 7 rings (SSSR count). The van der Waals surface area contributed by atoms with Gasteiger partial charge in [-0.1, -0.05) is 43.7 Å². The lowest BCUT2D eigenvalue weighted by Gasteiger charge is -2.32. The number of fused-ring (bicyclic) bond motifs is 1. The van der Waals surface area contributed by atoms with Crippen molar-refractivity contribution in [2.75, 3.05) is 0 Å². The van der Waals surface area contributed by atoms with Gasteiger partial charge >= 0.3 is 5.69 Å². The first kappa shape index (κ1) is 20.9. The second kappa shape index (κ2) is 7.44. The van der Waals surface area contributed by atoms with Crippen LogP contribution in [0.2, 0.25) is 0 Å². The molecule has 3 aromatic rings. The number of imidazole rings is 1. The highest BCUT2D eigenvalue weighted by Gasteiger charge is 2.64. The Hall–Kier alpha value is -2.63. The number of aromatic amines is 1. The molecule has 1 N–H and O–H groups in total. The third-order valence-electron chi connectivity index (χ3n) is 8.84. The van der Waals surface area contributed by atoms with Crippen LogP contribution in [0.25, 0.3) is 11.2 Å². The molecule has 0 amide bonds. The maximum atomic E-state index is 13.3. The number of aromatic nitrogens is 4. The molecule has 174 valence electrons. The molecule has 4 fully saturated rings. The zero-order valence-electron chi connectivity index (χ0n) is 19.9. The number of nitrogens with zero attached hydrogens (tertiary/aromatic N) is 3. The fraction of sp³-hybridized carbons (Fsp3) is 0.593. The van der Waals surface area contributed by atoms with Crippen molar-refractivity contribution in [3.8, 4) is 0 Å². The monoisotopic (exact) mass is 446 g/mol. The van der Waals surface area contributed by atoms with E-state index >= 15 is 0 Å². The molecule has 0 radical (unpaired) electrons. The van der Waals surface area contributed by atoms with Gasteiger partial charge < -0.3 is 4.98 Å².